The van der Waals surface area contributed by atoms with Crippen LogP contribution in [0.2, 0.25) is 0 Å². The van der Waals surface area contributed by atoms with E-state index < -0.39 is 0 Å². The van der Waals surface area contributed by atoms with Crippen LogP contribution in [0.3, 0.4) is 0 Å². The van der Waals surface area contributed by atoms with Gasteiger partial charge in [0.25, 0.3) is 5.22 Å². The minimum Gasteiger partial charge on any atom is -0.416 e. The smallest absolute Gasteiger partial charge is 0.276 e. The molecule has 17 heavy (non-hydrogen) atoms. The molecule has 0 fully saturated rings. The summed E-state index contributed by atoms with van der Waals surface area (Å²) in [6, 6.07) is 8.20. The van der Waals surface area contributed by atoms with Crippen LogP contribution in [0.25, 0.3) is 0 Å². The van der Waals surface area contributed by atoms with Gasteiger partial charge in [-0.2, -0.15) is 0 Å². The minimum atomic E-state index is 0.280. The Morgan fingerprint density at radius 2 is 2.18 bits per heavy atom. The van der Waals surface area contributed by atoms with Crippen molar-refractivity contribution in [1.82, 2.24) is 10.2 Å². The van der Waals surface area contributed by atoms with Gasteiger partial charge in [-0.3, -0.25) is 0 Å². The number of nitrogens with zero attached hydrogens (tertiary/aromatic N) is 2. The van der Waals surface area contributed by atoms with Gasteiger partial charge in [0.05, 0.1) is 0 Å². The molecule has 0 saturated carbocycles. The molecule has 90 valence electrons. The van der Waals surface area contributed by atoms with Crippen molar-refractivity contribution in [2.75, 3.05) is 0 Å². The molecule has 1 heterocycles. The maximum absolute atomic E-state index is 5.53. The molecule has 0 radical (unpaired) electrons. The highest BCUT2D eigenvalue weighted by atomic mass is 79.9. The van der Waals surface area contributed by atoms with Gasteiger partial charge >= 0.3 is 0 Å². The summed E-state index contributed by atoms with van der Waals surface area (Å²) in [7, 11) is 0. The maximum Gasteiger partial charge on any atom is 0.276 e. The lowest BCUT2D eigenvalue weighted by Crippen LogP contribution is -1.85. The Bertz CT molecular complexity index is 499. The topological polar surface area (TPSA) is 38.9 Å². The van der Waals surface area contributed by atoms with E-state index in [-0.39, 0.29) is 5.92 Å². The lowest BCUT2D eigenvalue weighted by molar-refractivity contribution is 0.398. The summed E-state index contributed by atoms with van der Waals surface area (Å²) >= 11 is 5.01. The fraction of sp³-hybridized carbons (Fsp3) is 0.333. The molecule has 0 saturated heterocycles. The van der Waals surface area contributed by atoms with Crippen LogP contribution in [-0.2, 0) is 5.75 Å². The van der Waals surface area contributed by atoms with E-state index >= 15 is 0 Å². The van der Waals surface area contributed by atoms with Crippen molar-refractivity contribution >= 4 is 27.7 Å². The number of rotatable bonds is 4. The Morgan fingerprint density at radius 1 is 1.35 bits per heavy atom. The zero-order chi connectivity index (χ0) is 12.3. The monoisotopic (exact) mass is 312 g/mol. The molecule has 2 rings (SSSR count). The van der Waals surface area contributed by atoms with Gasteiger partial charge in [-0.05, 0) is 17.7 Å². The van der Waals surface area contributed by atoms with E-state index in [1.807, 2.05) is 26.0 Å². The molecule has 2 aromatic rings. The first kappa shape index (κ1) is 12.6. The molecule has 0 unspecified atom stereocenters. The molecular formula is C12H13BrN2OS. The van der Waals surface area contributed by atoms with Gasteiger partial charge in [0, 0.05) is 16.1 Å². The number of hydrogen-bond donors (Lipinski definition) is 0. The van der Waals surface area contributed by atoms with Crippen LogP contribution in [-0.4, -0.2) is 10.2 Å². The Labute approximate surface area is 113 Å². The zero-order valence-electron chi connectivity index (χ0n) is 9.68. The Morgan fingerprint density at radius 3 is 2.82 bits per heavy atom. The van der Waals surface area contributed by atoms with Gasteiger partial charge in [-0.15, -0.1) is 10.2 Å². The predicted octanol–water partition coefficient (Wildman–Crippen LogP) is 4.25. The molecule has 0 bridgehead atoms. The molecule has 1 aromatic heterocycles. The second-order valence-electron chi connectivity index (χ2n) is 3.98. The van der Waals surface area contributed by atoms with Crippen LogP contribution < -0.4 is 0 Å². The number of hydrogen-bond acceptors (Lipinski definition) is 4. The van der Waals surface area contributed by atoms with Gasteiger partial charge in [0.15, 0.2) is 0 Å². The van der Waals surface area contributed by atoms with Crippen molar-refractivity contribution in [2.24, 2.45) is 0 Å². The molecule has 0 aliphatic carbocycles. The first-order valence-electron chi connectivity index (χ1n) is 5.36. The molecule has 1 aromatic carbocycles. The van der Waals surface area contributed by atoms with Crippen LogP contribution in [0.1, 0.15) is 31.2 Å². The van der Waals surface area contributed by atoms with Crippen LogP contribution in [0.5, 0.6) is 0 Å². The van der Waals surface area contributed by atoms with E-state index in [1.54, 1.807) is 11.8 Å². The van der Waals surface area contributed by atoms with Crippen LogP contribution in [0, 0.1) is 0 Å². The van der Waals surface area contributed by atoms with E-state index in [1.165, 1.54) is 5.56 Å². The molecule has 0 atom stereocenters. The van der Waals surface area contributed by atoms with Crippen LogP contribution in [0.4, 0.5) is 0 Å². The van der Waals surface area contributed by atoms with Crippen LogP contribution in [0.15, 0.2) is 38.4 Å². The lowest BCUT2D eigenvalue weighted by atomic mass is 10.2. The fourth-order valence-electron chi connectivity index (χ4n) is 1.28. The van der Waals surface area contributed by atoms with Crippen LogP contribution >= 0.6 is 27.7 Å². The van der Waals surface area contributed by atoms with E-state index in [4.69, 9.17) is 4.42 Å². The Kier molecular flexibility index (Phi) is 4.23. The lowest BCUT2D eigenvalue weighted by Gasteiger charge is -1.99. The number of benzene rings is 1. The molecule has 0 amide bonds. The third-order valence-electron chi connectivity index (χ3n) is 2.17. The molecule has 5 heteroatoms. The number of halogens is 1. The third kappa shape index (κ3) is 3.57. The molecular weight excluding hydrogens is 300 g/mol. The van der Waals surface area contributed by atoms with E-state index in [0.717, 1.165) is 10.2 Å². The van der Waals surface area contributed by atoms with Crippen molar-refractivity contribution in [2.45, 2.75) is 30.7 Å². The van der Waals surface area contributed by atoms with Crippen molar-refractivity contribution in [3.63, 3.8) is 0 Å². The summed E-state index contributed by atoms with van der Waals surface area (Å²) in [5, 5.41) is 8.64. The Balaban J connectivity index is 1.97. The highest BCUT2D eigenvalue weighted by Crippen LogP contribution is 2.24. The first-order chi connectivity index (χ1) is 8.15. The second kappa shape index (κ2) is 5.69. The second-order valence-corrected chi connectivity index (χ2v) is 5.82. The zero-order valence-corrected chi connectivity index (χ0v) is 12.1. The summed E-state index contributed by atoms with van der Waals surface area (Å²) in [5.41, 5.74) is 1.23. The highest BCUT2D eigenvalue weighted by Gasteiger charge is 2.09. The summed E-state index contributed by atoms with van der Waals surface area (Å²) in [6.45, 7) is 4.08. The average Bonchev–Trinajstić information content (AvgIpc) is 2.75. The summed E-state index contributed by atoms with van der Waals surface area (Å²) in [6.07, 6.45) is 0. The van der Waals surface area contributed by atoms with Gasteiger partial charge < -0.3 is 4.42 Å². The third-order valence-corrected chi connectivity index (χ3v) is 3.55. The van der Waals surface area contributed by atoms with E-state index in [9.17, 15) is 0 Å². The van der Waals surface area contributed by atoms with Gasteiger partial charge in [0.1, 0.15) is 0 Å². The maximum atomic E-state index is 5.53. The Hall–Kier alpha value is -0.810. The summed E-state index contributed by atoms with van der Waals surface area (Å²) in [5.74, 6) is 1.81. The minimum absolute atomic E-state index is 0.280. The van der Waals surface area contributed by atoms with E-state index in [0.29, 0.717) is 11.1 Å². The number of aromatic nitrogens is 2. The summed E-state index contributed by atoms with van der Waals surface area (Å²) < 4.78 is 6.61. The number of thioether (sulfide) groups is 1. The average molecular weight is 313 g/mol. The largest absolute Gasteiger partial charge is 0.416 e. The van der Waals surface area contributed by atoms with Gasteiger partial charge in [-0.25, -0.2) is 0 Å². The molecule has 0 N–H and O–H groups in total. The van der Waals surface area contributed by atoms with E-state index in [2.05, 4.69) is 38.3 Å². The molecule has 0 spiro atoms. The quantitative estimate of drug-likeness (QED) is 0.791. The van der Waals surface area contributed by atoms with Gasteiger partial charge in [0.2, 0.25) is 5.89 Å². The van der Waals surface area contributed by atoms with Crippen molar-refractivity contribution < 1.29 is 4.42 Å². The van der Waals surface area contributed by atoms with Crippen molar-refractivity contribution in [1.29, 1.82) is 0 Å². The predicted molar refractivity (Wildman–Crippen MR) is 72.1 cm³/mol. The van der Waals surface area contributed by atoms with Gasteiger partial charge in [-0.1, -0.05) is 53.7 Å². The summed E-state index contributed by atoms with van der Waals surface area (Å²) in [4.78, 5) is 0. The molecule has 3 nitrogen and oxygen atoms in total. The normalized spacial score (nSPS) is 11.1. The highest BCUT2D eigenvalue weighted by molar-refractivity contribution is 9.10. The standard InChI is InChI=1S/C12H13BrN2OS/c1-8(2)11-14-15-12(16-11)17-7-9-4-3-5-10(13)6-9/h3-6,8H,7H2,1-2H3. The fourth-order valence-corrected chi connectivity index (χ4v) is 2.44. The first-order valence-corrected chi connectivity index (χ1v) is 7.13. The van der Waals surface area contributed by atoms with Crippen molar-refractivity contribution in [3.05, 3.63) is 40.2 Å². The molecule has 0 aliphatic rings. The SMILES string of the molecule is CC(C)c1nnc(SCc2cccc(Br)c2)o1. The van der Waals surface area contributed by atoms with Crippen molar-refractivity contribution in [3.8, 4) is 0 Å². The molecule has 0 aliphatic heterocycles.